The molecule has 0 spiro atoms. The zero-order valence-corrected chi connectivity index (χ0v) is 29.2. The van der Waals surface area contributed by atoms with Crippen molar-refractivity contribution in [3.8, 4) is 0 Å². The third kappa shape index (κ3) is 6.29. The topological polar surface area (TPSA) is 96.8 Å². The summed E-state index contributed by atoms with van der Waals surface area (Å²) in [5.74, 6) is 0.917. The average Bonchev–Trinajstić information content (AvgIpc) is 3.56. The van der Waals surface area contributed by atoms with Gasteiger partial charge in [0.1, 0.15) is 10.7 Å². The number of fused-ring (bicyclic) bond motifs is 3. The first-order chi connectivity index (χ1) is 23.2. The summed E-state index contributed by atoms with van der Waals surface area (Å²) >= 11 is 6.24. The fourth-order valence-electron chi connectivity index (χ4n) is 8.61. The molecule has 0 unspecified atom stereocenters. The zero-order valence-electron chi connectivity index (χ0n) is 27.6. The third-order valence-corrected chi connectivity index (χ3v) is 12.7. The highest BCUT2D eigenvalue weighted by molar-refractivity contribution is 7.89. The van der Waals surface area contributed by atoms with E-state index in [1.54, 1.807) is 13.0 Å². The number of carbonyl (C=O) groups is 1. The molecule has 3 atom stereocenters. The van der Waals surface area contributed by atoms with Crippen molar-refractivity contribution in [1.82, 2.24) is 24.2 Å². The Morgan fingerprint density at radius 3 is 2.38 bits per heavy atom. The molecule has 1 aromatic heterocycles. The van der Waals surface area contributed by atoms with Crippen molar-refractivity contribution in [2.45, 2.75) is 87.2 Å². The highest BCUT2D eigenvalue weighted by Gasteiger charge is 2.44. The molecule has 1 amide bonds. The molecule has 4 heterocycles. The second-order valence-electron chi connectivity index (χ2n) is 13.6. The van der Waals surface area contributed by atoms with Gasteiger partial charge in [-0.2, -0.15) is 0 Å². The number of para-hydroxylation sites is 2. The Bertz CT molecular complexity index is 1880. The third-order valence-electron chi connectivity index (χ3n) is 11.0. The molecule has 3 aromatic carbocycles. The van der Waals surface area contributed by atoms with Crippen LogP contribution in [0.4, 0.5) is 0 Å². The molecule has 11 heteroatoms. The van der Waals surface area contributed by atoms with E-state index in [9.17, 15) is 13.2 Å². The quantitative estimate of drug-likeness (QED) is 0.187. The van der Waals surface area contributed by atoms with Crippen molar-refractivity contribution in [2.24, 2.45) is 0 Å². The molecule has 7 rings (SSSR count). The number of carbonyl (C=O) groups excluding carboxylic acids is 1. The molecule has 3 aliphatic heterocycles. The summed E-state index contributed by atoms with van der Waals surface area (Å²) in [4.78, 5) is 30.0. The lowest BCUT2D eigenvalue weighted by Gasteiger charge is -2.45. The maximum atomic E-state index is 13.7. The summed E-state index contributed by atoms with van der Waals surface area (Å²) in [6, 6.07) is 25.3. The van der Waals surface area contributed by atoms with Gasteiger partial charge in [0.15, 0.2) is 0 Å². The van der Waals surface area contributed by atoms with Crippen LogP contribution in [-0.4, -0.2) is 72.0 Å². The van der Waals surface area contributed by atoms with Crippen molar-refractivity contribution >= 4 is 38.6 Å². The molecular formula is C37H44ClN5O4S. The van der Waals surface area contributed by atoms with Gasteiger partial charge in [0.05, 0.1) is 22.7 Å². The SMILES string of the molecule is CCONS(=O)(=O)c1cc(C(=O)N2CCC(CCN3[C@@H]4CC[C@H]3C[C@@H](n3c(C)nc5ccccc53)C4)(c3ccccc3)CC2)ccc1Cl. The van der Waals surface area contributed by atoms with Crippen molar-refractivity contribution in [2.75, 3.05) is 26.2 Å². The van der Waals surface area contributed by atoms with Gasteiger partial charge in [-0.15, -0.1) is 0 Å². The lowest BCUT2D eigenvalue weighted by molar-refractivity contribution is 0.0606. The van der Waals surface area contributed by atoms with E-state index in [0.717, 1.165) is 50.0 Å². The number of amides is 1. The summed E-state index contributed by atoms with van der Waals surface area (Å²) in [6.45, 7) is 6.21. The normalized spacial score (nSPS) is 22.7. The fourth-order valence-corrected chi connectivity index (χ4v) is 10.0. The van der Waals surface area contributed by atoms with Gasteiger partial charge in [-0.3, -0.25) is 14.5 Å². The Balaban J connectivity index is 1.05. The van der Waals surface area contributed by atoms with Crippen LogP contribution in [0.15, 0.2) is 77.7 Å². The van der Waals surface area contributed by atoms with Gasteiger partial charge in [-0.1, -0.05) is 59.0 Å². The first-order valence-electron chi connectivity index (χ1n) is 17.2. The molecule has 3 saturated heterocycles. The molecule has 48 heavy (non-hydrogen) atoms. The number of imidazole rings is 1. The number of sulfonamides is 1. The molecule has 9 nitrogen and oxygen atoms in total. The molecule has 3 fully saturated rings. The number of hydrogen-bond acceptors (Lipinski definition) is 6. The lowest BCUT2D eigenvalue weighted by atomic mass is 9.70. The number of hydrogen-bond donors (Lipinski definition) is 1. The maximum absolute atomic E-state index is 13.7. The minimum Gasteiger partial charge on any atom is -0.339 e. The Morgan fingerprint density at radius 1 is 0.979 bits per heavy atom. The molecule has 3 aliphatic rings. The van der Waals surface area contributed by atoms with Gasteiger partial charge < -0.3 is 9.47 Å². The number of benzene rings is 3. The number of nitrogens with one attached hydrogen (secondary N) is 1. The number of aryl methyl sites for hydroxylation is 1. The second kappa shape index (κ2) is 13.6. The number of nitrogens with zero attached hydrogens (tertiary/aromatic N) is 4. The van der Waals surface area contributed by atoms with E-state index in [1.807, 2.05) is 4.90 Å². The van der Waals surface area contributed by atoms with E-state index < -0.39 is 10.0 Å². The minimum atomic E-state index is -4.03. The Labute approximate surface area is 288 Å². The predicted molar refractivity (Wildman–Crippen MR) is 188 cm³/mol. The fraction of sp³-hybridized carbons (Fsp3) is 0.459. The van der Waals surface area contributed by atoms with Gasteiger partial charge in [0, 0.05) is 36.8 Å². The van der Waals surface area contributed by atoms with Crippen LogP contribution in [0.2, 0.25) is 5.02 Å². The highest BCUT2D eigenvalue weighted by Crippen LogP contribution is 2.45. The minimum absolute atomic E-state index is 0.0343. The second-order valence-corrected chi connectivity index (χ2v) is 15.6. The van der Waals surface area contributed by atoms with Gasteiger partial charge >= 0.3 is 0 Å². The van der Waals surface area contributed by atoms with Gasteiger partial charge in [-0.25, -0.2) is 13.4 Å². The molecule has 1 N–H and O–H groups in total. The van der Waals surface area contributed by atoms with Crippen LogP contribution in [0.1, 0.15) is 79.7 Å². The number of likely N-dealkylation sites (tertiary alicyclic amines) is 1. The zero-order chi connectivity index (χ0) is 33.5. The summed E-state index contributed by atoms with van der Waals surface area (Å²) < 4.78 is 28.0. The van der Waals surface area contributed by atoms with E-state index in [2.05, 4.69) is 75.9 Å². The number of piperidine rings is 2. The Kier molecular flexibility index (Phi) is 9.38. The van der Waals surface area contributed by atoms with E-state index in [4.69, 9.17) is 21.4 Å². The van der Waals surface area contributed by atoms with E-state index in [0.29, 0.717) is 36.8 Å². The van der Waals surface area contributed by atoms with Crippen molar-refractivity contribution < 1.29 is 18.0 Å². The first-order valence-corrected chi connectivity index (χ1v) is 19.0. The first kappa shape index (κ1) is 33.2. The smallest absolute Gasteiger partial charge is 0.263 e. The van der Waals surface area contributed by atoms with Crippen LogP contribution in [0.5, 0.6) is 0 Å². The van der Waals surface area contributed by atoms with Gasteiger partial charge in [0.25, 0.3) is 15.9 Å². The number of halogens is 1. The molecule has 0 aliphatic carbocycles. The number of rotatable bonds is 10. The van der Waals surface area contributed by atoms with E-state index in [1.165, 1.54) is 36.1 Å². The molecule has 0 saturated carbocycles. The molecule has 254 valence electrons. The monoisotopic (exact) mass is 689 g/mol. The van der Waals surface area contributed by atoms with Crippen LogP contribution in [0.25, 0.3) is 11.0 Å². The van der Waals surface area contributed by atoms with Crippen LogP contribution in [0, 0.1) is 6.92 Å². The van der Waals surface area contributed by atoms with Crippen LogP contribution < -0.4 is 4.89 Å². The number of aromatic nitrogens is 2. The van der Waals surface area contributed by atoms with Crippen LogP contribution >= 0.6 is 11.6 Å². The lowest BCUT2D eigenvalue weighted by Crippen LogP contribution is -2.49. The van der Waals surface area contributed by atoms with Crippen LogP contribution in [0.3, 0.4) is 0 Å². The Morgan fingerprint density at radius 2 is 1.67 bits per heavy atom. The predicted octanol–water partition coefficient (Wildman–Crippen LogP) is 6.66. The summed E-state index contributed by atoms with van der Waals surface area (Å²) in [5, 5.41) is 0.0343. The average molecular weight is 690 g/mol. The standard InChI is InChI=1S/C37H44ClN5O4S/c1-3-47-40-48(45,46)35-23-27(13-16-32(35)38)36(44)41-20-17-37(18-21-41,28-9-5-4-6-10-28)19-22-42-29-14-15-30(42)25-31(24-29)43-26(2)39-33-11-7-8-12-34(33)43/h4-13,16,23,29-31,40H,3,14-15,17-22,24-25H2,1-2H3/t29-,30+,31+. The van der Waals surface area contributed by atoms with Crippen molar-refractivity contribution in [3.63, 3.8) is 0 Å². The van der Waals surface area contributed by atoms with Crippen molar-refractivity contribution in [1.29, 1.82) is 0 Å². The largest absolute Gasteiger partial charge is 0.339 e. The van der Waals surface area contributed by atoms with Crippen molar-refractivity contribution in [3.05, 3.63) is 94.8 Å². The summed E-state index contributed by atoms with van der Waals surface area (Å²) in [6.07, 6.45) is 7.52. The summed E-state index contributed by atoms with van der Waals surface area (Å²) in [7, 11) is -4.03. The van der Waals surface area contributed by atoms with E-state index >= 15 is 0 Å². The maximum Gasteiger partial charge on any atom is 0.263 e. The molecular weight excluding hydrogens is 646 g/mol. The summed E-state index contributed by atoms with van der Waals surface area (Å²) in [5.41, 5.74) is 3.92. The van der Waals surface area contributed by atoms with E-state index in [-0.39, 0.29) is 27.8 Å². The molecule has 0 radical (unpaired) electrons. The van der Waals surface area contributed by atoms with Gasteiger partial charge in [0.2, 0.25) is 0 Å². The van der Waals surface area contributed by atoms with Crippen LogP contribution in [-0.2, 0) is 20.3 Å². The highest BCUT2D eigenvalue weighted by atomic mass is 35.5. The molecule has 2 bridgehead atoms. The Hall–Kier alpha value is -3.28. The molecule has 4 aromatic rings. The van der Waals surface area contributed by atoms with Gasteiger partial charge in [-0.05, 0) is 107 Å².